The minimum atomic E-state index is 0.628. The zero-order valence-electron chi connectivity index (χ0n) is 11.5. The highest BCUT2D eigenvalue weighted by Gasteiger charge is 2.11. The Hall–Kier alpha value is -1.22. The first-order valence-corrected chi connectivity index (χ1v) is 6.00. The maximum absolute atomic E-state index is 5.35. The average Bonchev–Trinajstić information content (AvgIpc) is 2.30. The van der Waals surface area contributed by atoms with E-state index in [0.717, 1.165) is 24.5 Å². The summed E-state index contributed by atoms with van der Waals surface area (Å²) in [5.74, 6) is 2.23. The first-order chi connectivity index (χ1) is 8.12. The van der Waals surface area contributed by atoms with Gasteiger partial charge < -0.3 is 14.8 Å². The normalized spacial score (nSPS) is 10.7. The van der Waals surface area contributed by atoms with Crippen LogP contribution in [0.25, 0.3) is 0 Å². The van der Waals surface area contributed by atoms with Gasteiger partial charge in [-0.3, -0.25) is 0 Å². The molecule has 0 aliphatic heterocycles. The second kappa shape index (κ2) is 6.50. The molecule has 3 heteroatoms. The van der Waals surface area contributed by atoms with Crippen LogP contribution in [0, 0.1) is 5.92 Å². The summed E-state index contributed by atoms with van der Waals surface area (Å²) in [6, 6.07) is 4.15. The number of ether oxygens (including phenoxy) is 2. The maximum atomic E-state index is 5.35. The van der Waals surface area contributed by atoms with Crippen molar-refractivity contribution in [1.82, 2.24) is 5.32 Å². The number of methoxy groups -OCH3 is 2. The molecule has 0 atom stereocenters. The van der Waals surface area contributed by atoms with Gasteiger partial charge in [0.2, 0.25) is 0 Å². The summed E-state index contributed by atoms with van der Waals surface area (Å²) in [5, 5.41) is 3.19. The van der Waals surface area contributed by atoms with Crippen molar-refractivity contribution in [1.29, 1.82) is 0 Å². The molecular weight excluding hydrogens is 214 g/mol. The third kappa shape index (κ3) is 3.63. The molecule has 1 rings (SSSR count). The first-order valence-electron chi connectivity index (χ1n) is 6.00. The van der Waals surface area contributed by atoms with Crippen LogP contribution < -0.4 is 14.8 Å². The second-order valence-corrected chi connectivity index (χ2v) is 4.60. The molecule has 1 aromatic rings. The highest BCUT2D eigenvalue weighted by atomic mass is 16.5. The summed E-state index contributed by atoms with van der Waals surface area (Å²) in [6.07, 6.45) is 1.05. The van der Waals surface area contributed by atoms with E-state index in [1.807, 2.05) is 7.05 Å². The van der Waals surface area contributed by atoms with E-state index < -0.39 is 0 Å². The van der Waals surface area contributed by atoms with Crippen molar-refractivity contribution in [2.75, 3.05) is 21.3 Å². The maximum Gasteiger partial charge on any atom is 0.161 e. The van der Waals surface area contributed by atoms with E-state index in [9.17, 15) is 0 Å². The van der Waals surface area contributed by atoms with Gasteiger partial charge in [-0.2, -0.15) is 0 Å². The molecule has 0 bridgehead atoms. The van der Waals surface area contributed by atoms with Gasteiger partial charge in [-0.15, -0.1) is 0 Å². The zero-order valence-corrected chi connectivity index (χ0v) is 11.5. The molecule has 0 aliphatic carbocycles. The van der Waals surface area contributed by atoms with Crippen LogP contribution in [0.15, 0.2) is 12.1 Å². The Labute approximate surface area is 104 Å². The fourth-order valence-electron chi connectivity index (χ4n) is 1.95. The Morgan fingerprint density at radius 3 is 2.00 bits per heavy atom. The lowest BCUT2D eigenvalue weighted by molar-refractivity contribution is 0.353. The van der Waals surface area contributed by atoms with Crippen molar-refractivity contribution in [2.24, 2.45) is 5.92 Å². The molecule has 1 aromatic carbocycles. The van der Waals surface area contributed by atoms with Crippen LogP contribution in [-0.2, 0) is 13.0 Å². The molecule has 0 fully saturated rings. The topological polar surface area (TPSA) is 30.5 Å². The summed E-state index contributed by atoms with van der Waals surface area (Å²) in [7, 11) is 5.30. The van der Waals surface area contributed by atoms with Gasteiger partial charge in [0.1, 0.15) is 0 Å². The van der Waals surface area contributed by atoms with Gasteiger partial charge in [0.25, 0.3) is 0 Å². The summed E-state index contributed by atoms with van der Waals surface area (Å²) < 4.78 is 10.7. The third-order valence-electron chi connectivity index (χ3n) is 2.70. The highest BCUT2D eigenvalue weighted by molar-refractivity contribution is 5.47. The van der Waals surface area contributed by atoms with Gasteiger partial charge in [-0.05, 0) is 42.6 Å². The zero-order chi connectivity index (χ0) is 12.8. The molecule has 96 valence electrons. The number of nitrogens with one attached hydrogen (secondary N) is 1. The van der Waals surface area contributed by atoms with Gasteiger partial charge >= 0.3 is 0 Å². The smallest absolute Gasteiger partial charge is 0.161 e. The van der Waals surface area contributed by atoms with E-state index in [0.29, 0.717) is 5.92 Å². The average molecular weight is 237 g/mol. The van der Waals surface area contributed by atoms with Crippen molar-refractivity contribution >= 4 is 0 Å². The van der Waals surface area contributed by atoms with Crippen molar-refractivity contribution < 1.29 is 9.47 Å². The highest BCUT2D eigenvalue weighted by Crippen LogP contribution is 2.31. The molecule has 0 radical (unpaired) electrons. The monoisotopic (exact) mass is 237 g/mol. The summed E-state index contributed by atoms with van der Waals surface area (Å²) >= 11 is 0. The van der Waals surface area contributed by atoms with Crippen LogP contribution in [0.1, 0.15) is 25.0 Å². The fraction of sp³-hybridized carbons (Fsp3) is 0.571. The summed E-state index contributed by atoms with van der Waals surface area (Å²) in [5.41, 5.74) is 2.60. The van der Waals surface area contributed by atoms with Crippen molar-refractivity contribution in [3.63, 3.8) is 0 Å². The number of hydrogen-bond donors (Lipinski definition) is 1. The molecule has 1 N–H and O–H groups in total. The van der Waals surface area contributed by atoms with Crippen LogP contribution in [0.4, 0.5) is 0 Å². The molecule has 0 saturated carbocycles. The SMILES string of the molecule is CNCc1cc(OC)c(OC)cc1CC(C)C. The standard InChI is InChI=1S/C14H23NO2/c1-10(2)6-11-7-13(16-4)14(17-5)8-12(11)9-15-3/h7-8,10,15H,6,9H2,1-5H3. The minimum absolute atomic E-state index is 0.628. The molecule has 17 heavy (non-hydrogen) atoms. The number of rotatable bonds is 6. The van der Waals surface area contributed by atoms with E-state index >= 15 is 0 Å². The Balaban J connectivity index is 3.14. The summed E-state index contributed by atoms with van der Waals surface area (Å²) in [6.45, 7) is 5.29. The van der Waals surface area contributed by atoms with E-state index in [2.05, 4.69) is 31.3 Å². The number of benzene rings is 1. The lowest BCUT2D eigenvalue weighted by Gasteiger charge is -2.16. The third-order valence-corrected chi connectivity index (χ3v) is 2.70. The molecule has 0 unspecified atom stereocenters. The van der Waals surface area contributed by atoms with Crippen LogP contribution in [-0.4, -0.2) is 21.3 Å². The van der Waals surface area contributed by atoms with Crippen molar-refractivity contribution in [3.05, 3.63) is 23.3 Å². The minimum Gasteiger partial charge on any atom is -0.493 e. The van der Waals surface area contributed by atoms with Crippen molar-refractivity contribution in [2.45, 2.75) is 26.8 Å². The Kier molecular flexibility index (Phi) is 5.29. The van der Waals surface area contributed by atoms with Crippen LogP contribution >= 0.6 is 0 Å². The van der Waals surface area contributed by atoms with E-state index in [1.54, 1.807) is 14.2 Å². The molecular formula is C14H23NO2. The van der Waals surface area contributed by atoms with Crippen LogP contribution in [0.3, 0.4) is 0 Å². The van der Waals surface area contributed by atoms with Gasteiger partial charge in [0.15, 0.2) is 11.5 Å². The molecule has 0 aliphatic rings. The second-order valence-electron chi connectivity index (χ2n) is 4.60. The molecule has 0 heterocycles. The van der Waals surface area contributed by atoms with E-state index in [1.165, 1.54) is 11.1 Å². The Morgan fingerprint density at radius 1 is 1.06 bits per heavy atom. The number of hydrogen-bond acceptors (Lipinski definition) is 3. The van der Waals surface area contributed by atoms with Crippen LogP contribution in [0.5, 0.6) is 11.5 Å². The molecule has 0 aromatic heterocycles. The van der Waals surface area contributed by atoms with Gasteiger partial charge in [0.05, 0.1) is 14.2 Å². The largest absolute Gasteiger partial charge is 0.493 e. The first kappa shape index (κ1) is 13.8. The molecule has 0 spiro atoms. The molecule has 3 nitrogen and oxygen atoms in total. The molecule has 0 saturated heterocycles. The molecule has 0 amide bonds. The lowest BCUT2D eigenvalue weighted by atomic mass is 9.97. The van der Waals surface area contributed by atoms with E-state index in [-0.39, 0.29) is 0 Å². The van der Waals surface area contributed by atoms with Gasteiger partial charge in [0, 0.05) is 6.54 Å². The van der Waals surface area contributed by atoms with E-state index in [4.69, 9.17) is 9.47 Å². The Bertz CT molecular complexity index is 361. The lowest BCUT2D eigenvalue weighted by Crippen LogP contribution is -2.10. The predicted octanol–water partition coefficient (Wildman–Crippen LogP) is 2.62. The van der Waals surface area contributed by atoms with Gasteiger partial charge in [-0.25, -0.2) is 0 Å². The van der Waals surface area contributed by atoms with Gasteiger partial charge in [-0.1, -0.05) is 13.8 Å². The quantitative estimate of drug-likeness (QED) is 0.825. The Morgan fingerprint density at radius 2 is 1.59 bits per heavy atom. The predicted molar refractivity (Wildman–Crippen MR) is 70.9 cm³/mol. The van der Waals surface area contributed by atoms with Crippen LogP contribution in [0.2, 0.25) is 0 Å². The summed E-state index contributed by atoms with van der Waals surface area (Å²) in [4.78, 5) is 0. The fourth-order valence-corrected chi connectivity index (χ4v) is 1.95. The van der Waals surface area contributed by atoms with Crippen molar-refractivity contribution in [3.8, 4) is 11.5 Å².